The van der Waals surface area contributed by atoms with Gasteiger partial charge in [-0.25, -0.2) is 0 Å². The monoisotopic (exact) mass is 199 g/mol. The first kappa shape index (κ1) is 10.5. The van der Waals surface area contributed by atoms with E-state index in [2.05, 4.69) is 23.5 Å². The summed E-state index contributed by atoms with van der Waals surface area (Å²) in [5.41, 5.74) is 2.63. The summed E-state index contributed by atoms with van der Waals surface area (Å²) in [7, 11) is 0. The van der Waals surface area contributed by atoms with Crippen molar-refractivity contribution in [3.63, 3.8) is 0 Å². The molecule has 1 aliphatic heterocycles. The van der Waals surface area contributed by atoms with Gasteiger partial charge in [-0.15, -0.1) is 12.4 Å². The molecule has 1 aromatic rings. The van der Waals surface area contributed by atoms with Crippen molar-refractivity contribution in [3.05, 3.63) is 35.4 Å². The predicted octanol–water partition coefficient (Wildman–Crippen LogP) is 1.29. The molecule has 1 aliphatic rings. The van der Waals surface area contributed by atoms with Crippen LogP contribution in [0.5, 0.6) is 0 Å². The van der Waals surface area contributed by atoms with Crippen molar-refractivity contribution < 1.29 is 5.11 Å². The summed E-state index contributed by atoms with van der Waals surface area (Å²) >= 11 is 0. The van der Waals surface area contributed by atoms with E-state index < -0.39 is 0 Å². The van der Waals surface area contributed by atoms with Crippen molar-refractivity contribution in [2.24, 2.45) is 0 Å². The van der Waals surface area contributed by atoms with Crippen molar-refractivity contribution in [3.8, 4) is 0 Å². The van der Waals surface area contributed by atoms with Crippen LogP contribution in [0.4, 0.5) is 0 Å². The minimum atomic E-state index is 0. The van der Waals surface area contributed by atoms with E-state index in [9.17, 15) is 0 Å². The quantitative estimate of drug-likeness (QED) is 0.715. The Morgan fingerprint density at radius 2 is 2.15 bits per heavy atom. The van der Waals surface area contributed by atoms with Gasteiger partial charge in [-0.3, -0.25) is 0 Å². The molecule has 0 saturated carbocycles. The number of rotatable bonds is 1. The fourth-order valence-electron chi connectivity index (χ4n) is 1.76. The Kier molecular flexibility index (Phi) is 3.72. The normalized spacial score (nSPS) is 20.2. The molecule has 2 N–H and O–H groups in total. The second-order valence-corrected chi connectivity index (χ2v) is 3.14. The maximum atomic E-state index is 9.08. The summed E-state index contributed by atoms with van der Waals surface area (Å²) in [6, 6.07) is 8.45. The molecule has 0 aromatic heterocycles. The maximum absolute atomic E-state index is 9.08. The number of aliphatic hydroxyl groups is 1. The molecule has 1 unspecified atom stereocenters. The van der Waals surface area contributed by atoms with Crippen LogP contribution in [0.2, 0.25) is 0 Å². The van der Waals surface area contributed by atoms with Crippen LogP contribution in [-0.2, 0) is 6.42 Å². The lowest BCUT2D eigenvalue weighted by Crippen LogP contribution is -2.31. The zero-order chi connectivity index (χ0) is 8.39. The van der Waals surface area contributed by atoms with Gasteiger partial charge in [-0.2, -0.15) is 0 Å². The van der Waals surface area contributed by atoms with Crippen molar-refractivity contribution in [2.75, 3.05) is 13.2 Å². The van der Waals surface area contributed by atoms with Crippen molar-refractivity contribution in [1.82, 2.24) is 5.32 Å². The van der Waals surface area contributed by atoms with Gasteiger partial charge in [0.25, 0.3) is 0 Å². The first-order valence-electron chi connectivity index (χ1n) is 4.34. The molecule has 0 amide bonds. The topological polar surface area (TPSA) is 32.3 Å². The maximum Gasteiger partial charge on any atom is 0.0626 e. The molecule has 0 saturated heterocycles. The van der Waals surface area contributed by atoms with Crippen LogP contribution >= 0.6 is 12.4 Å². The number of aliphatic hydroxyl groups excluding tert-OH is 1. The molecule has 3 heteroatoms. The largest absolute Gasteiger partial charge is 0.394 e. The third-order valence-corrected chi connectivity index (χ3v) is 2.40. The SMILES string of the molecule is Cl.OCC1NCCc2ccccc21. The highest BCUT2D eigenvalue weighted by molar-refractivity contribution is 5.85. The Balaban J connectivity index is 0.000000845. The first-order chi connectivity index (χ1) is 5.92. The molecule has 0 fully saturated rings. The Labute approximate surface area is 84.4 Å². The van der Waals surface area contributed by atoms with Gasteiger partial charge in [0.05, 0.1) is 12.6 Å². The minimum absolute atomic E-state index is 0. The summed E-state index contributed by atoms with van der Waals surface area (Å²) in [5.74, 6) is 0. The second kappa shape index (κ2) is 4.61. The van der Waals surface area contributed by atoms with Gasteiger partial charge in [0.2, 0.25) is 0 Å². The third-order valence-electron chi connectivity index (χ3n) is 2.40. The van der Waals surface area contributed by atoms with E-state index in [1.54, 1.807) is 0 Å². The first-order valence-corrected chi connectivity index (χ1v) is 4.34. The fourth-order valence-corrected chi connectivity index (χ4v) is 1.76. The molecule has 0 spiro atoms. The molecular formula is C10H14ClNO. The van der Waals surface area contributed by atoms with E-state index >= 15 is 0 Å². The molecule has 0 bridgehead atoms. The molecule has 2 nitrogen and oxygen atoms in total. The van der Waals surface area contributed by atoms with Crippen molar-refractivity contribution in [2.45, 2.75) is 12.5 Å². The number of halogens is 1. The zero-order valence-electron chi connectivity index (χ0n) is 7.36. The molecule has 2 rings (SSSR count). The predicted molar refractivity (Wildman–Crippen MR) is 55.2 cm³/mol. The van der Waals surface area contributed by atoms with Gasteiger partial charge in [0.1, 0.15) is 0 Å². The van der Waals surface area contributed by atoms with Gasteiger partial charge in [0.15, 0.2) is 0 Å². The lowest BCUT2D eigenvalue weighted by molar-refractivity contribution is 0.240. The Morgan fingerprint density at radius 1 is 1.38 bits per heavy atom. The number of hydrogen-bond acceptors (Lipinski definition) is 2. The smallest absolute Gasteiger partial charge is 0.0626 e. The minimum Gasteiger partial charge on any atom is -0.394 e. The van der Waals surface area contributed by atoms with E-state index in [0.717, 1.165) is 13.0 Å². The molecule has 1 aromatic carbocycles. The van der Waals surface area contributed by atoms with E-state index in [1.807, 2.05) is 6.07 Å². The van der Waals surface area contributed by atoms with Crippen molar-refractivity contribution >= 4 is 12.4 Å². The van der Waals surface area contributed by atoms with Crippen LogP contribution in [0.1, 0.15) is 17.2 Å². The van der Waals surface area contributed by atoms with Crippen LogP contribution in [0, 0.1) is 0 Å². The number of hydrogen-bond donors (Lipinski definition) is 2. The molecular weight excluding hydrogens is 186 g/mol. The average Bonchev–Trinajstić information content (AvgIpc) is 2.17. The number of fused-ring (bicyclic) bond motifs is 1. The van der Waals surface area contributed by atoms with Gasteiger partial charge in [0, 0.05) is 0 Å². The molecule has 72 valence electrons. The Morgan fingerprint density at radius 3 is 2.92 bits per heavy atom. The molecule has 1 heterocycles. The average molecular weight is 200 g/mol. The molecule has 1 atom stereocenters. The Hall–Kier alpha value is -0.570. The summed E-state index contributed by atoms with van der Waals surface area (Å²) in [4.78, 5) is 0. The zero-order valence-corrected chi connectivity index (χ0v) is 8.18. The van der Waals surface area contributed by atoms with Crippen LogP contribution < -0.4 is 5.32 Å². The summed E-state index contributed by atoms with van der Waals surface area (Å²) in [6.45, 7) is 1.17. The highest BCUT2D eigenvalue weighted by Gasteiger charge is 2.17. The lowest BCUT2D eigenvalue weighted by atomic mass is 9.95. The summed E-state index contributed by atoms with van der Waals surface area (Å²) in [5, 5.41) is 12.4. The molecule has 13 heavy (non-hydrogen) atoms. The van der Waals surface area contributed by atoms with Gasteiger partial charge < -0.3 is 10.4 Å². The molecule has 0 radical (unpaired) electrons. The van der Waals surface area contributed by atoms with Gasteiger partial charge in [-0.1, -0.05) is 24.3 Å². The van der Waals surface area contributed by atoms with E-state index in [1.165, 1.54) is 11.1 Å². The van der Waals surface area contributed by atoms with Gasteiger partial charge >= 0.3 is 0 Å². The Bertz CT molecular complexity index is 277. The van der Waals surface area contributed by atoms with E-state index in [4.69, 9.17) is 5.11 Å². The highest BCUT2D eigenvalue weighted by Crippen LogP contribution is 2.21. The van der Waals surface area contributed by atoms with Crippen molar-refractivity contribution in [1.29, 1.82) is 0 Å². The van der Waals surface area contributed by atoms with E-state index in [-0.39, 0.29) is 25.1 Å². The fraction of sp³-hybridized carbons (Fsp3) is 0.400. The number of benzene rings is 1. The third kappa shape index (κ3) is 2.02. The van der Waals surface area contributed by atoms with Crippen LogP contribution in [0.25, 0.3) is 0 Å². The summed E-state index contributed by atoms with van der Waals surface area (Å²) < 4.78 is 0. The van der Waals surface area contributed by atoms with Gasteiger partial charge in [-0.05, 0) is 24.1 Å². The number of nitrogens with one attached hydrogen (secondary N) is 1. The highest BCUT2D eigenvalue weighted by atomic mass is 35.5. The summed E-state index contributed by atoms with van der Waals surface area (Å²) in [6.07, 6.45) is 1.08. The lowest BCUT2D eigenvalue weighted by Gasteiger charge is -2.24. The van der Waals surface area contributed by atoms with Crippen LogP contribution in [0.3, 0.4) is 0 Å². The van der Waals surface area contributed by atoms with Crippen LogP contribution in [-0.4, -0.2) is 18.3 Å². The second-order valence-electron chi connectivity index (χ2n) is 3.14. The standard InChI is InChI=1S/C10H13NO.ClH/c12-7-10-9-4-2-1-3-8(9)5-6-11-10;/h1-4,10-12H,5-7H2;1H. The van der Waals surface area contributed by atoms with Crippen LogP contribution in [0.15, 0.2) is 24.3 Å². The molecule has 0 aliphatic carbocycles. The van der Waals surface area contributed by atoms with E-state index in [0.29, 0.717) is 0 Å².